The number of nitrogens with zero attached hydrogens (tertiary/aromatic N) is 2. The summed E-state index contributed by atoms with van der Waals surface area (Å²) in [6.07, 6.45) is 0.981. The van der Waals surface area contributed by atoms with Gasteiger partial charge in [-0.15, -0.1) is 0 Å². The van der Waals surface area contributed by atoms with Crippen molar-refractivity contribution in [2.45, 2.75) is 18.9 Å². The molecule has 1 aliphatic rings. The maximum Gasteiger partial charge on any atom is 0.272 e. The molecule has 5 heteroatoms. The number of piperidine rings is 1. The number of halogens is 1. The van der Waals surface area contributed by atoms with Gasteiger partial charge in [0, 0.05) is 13.1 Å². The number of pyridine rings is 1. The summed E-state index contributed by atoms with van der Waals surface area (Å²) in [4.78, 5) is 17.7. The van der Waals surface area contributed by atoms with E-state index in [4.69, 9.17) is 11.6 Å². The van der Waals surface area contributed by atoms with Crippen molar-refractivity contribution in [3.63, 3.8) is 0 Å². The first-order chi connectivity index (χ1) is 7.66. The molecular weight excluding hydrogens is 228 g/mol. The molecule has 2 rings (SSSR count). The Balaban J connectivity index is 2.08. The Bertz CT molecular complexity index is 389. The van der Waals surface area contributed by atoms with E-state index >= 15 is 0 Å². The summed E-state index contributed by atoms with van der Waals surface area (Å²) in [6.45, 7) is 1.16. The molecule has 0 bridgehead atoms. The molecule has 1 aliphatic heterocycles. The quantitative estimate of drug-likeness (QED) is 0.754. The number of carbonyl (C=O) groups is 1. The molecule has 0 spiro atoms. The van der Waals surface area contributed by atoms with Crippen LogP contribution in [0, 0.1) is 0 Å². The first kappa shape index (κ1) is 11.4. The molecule has 16 heavy (non-hydrogen) atoms. The molecule has 0 aromatic carbocycles. The van der Waals surface area contributed by atoms with E-state index in [9.17, 15) is 9.90 Å². The molecule has 1 aromatic heterocycles. The molecule has 0 saturated carbocycles. The van der Waals surface area contributed by atoms with Gasteiger partial charge in [-0.25, -0.2) is 4.98 Å². The van der Waals surface area contributed by atoms with Gasteiger partial charge < -0.3 is 10.0 Å². The number of hydrogen-bond donors (Lipinski definition) is 1. The standard InChI is InChI=1S/C11H13ClN2O2/c12-10-3-1-2-9(13-10)11(16)14-6-4-8(15)5-7-14/h1-3,8,15H,4-7H2. The Morgan fingerprint density at radius 2 is 2.12 bits per heavy atom. The van der Waals surface area contributed by atoms with Crippen molar-refractivity contribution in [2.24, 2.45) is 0 Å². The molecular formula is C11H13ClN2O2. The van der Waals surface area contributed by atoms with E-state index in [0.29, 0.717) is 36.8 Å². The Morgan fingerprint density at radius 3 is 2.75 bits per heavy atom. The molecule has 0 aliphatic carbocycles. The molecule has 1 aromatic rings. The molecule has 0 radical (unpaired) electrons. The highest BCUT2D eigenvalue weighted by atomic mass is 35.5. The Kier molecular flexibility index (Phi) is 3.41. The maximum atomic E-state index is 12.0. The van der Waals surface area contributed by atoms with Crippen LogP contribution in [0.2, 0.25) is 5.15 Å². The third-order valence-corrected chi connectivity index (χ3v) is 2.90. The predicted octanol–water partition coefficient (Wildman–Crippen LogP) is 1.33. The Morgan fingerprint density at radius 1 is 1.44 bits per heavy atom. The van der Waals surface area contributed by atoms with E-state index in [0.717, 1.165) is 0 Å². The minimum atomic E-state index is -0.281. The number of rotatable bonds is 1. The number of likely N-dealkylation sites (tertiary alicyclic amines) is 1. The number of carbonyl (C=O) groups excluding carboxylic acids is 1. The summed E-state index contributed by atoms with van der Waals surface area (Å²) >= 11 is 5.73. The maximum absolute atomic E-state index is 12.0. The fourth-order valence-corrected chi connectivity index (χ4v) is 1.92. The van der Waals surface area contributed by atoms with Crippen LogP contribution in [0.4, 0.5) is 0 Å². The van der Waals surface area contributed by atoms with Crippen molar-refractivity contribution in [1.29, 1.82) is 0 Å². The topological polar surface area (TPSA) is 53.4 Å². The molecule has 4 nitrogen and oxygen atoms in total. The first-order valence-corrected chi connectivity index (χ1v) is 5.64. The van der Waals surface area contributed by atoms with E-state index in [1.165, 1.54) is 0 Å². The second-order valence-corrected chi connectivity index (χ2v) is 4.26. The Labute approximate surface area is 98.9 Å². The highest BCUT2D eigenvalue weighted by molar-refractivity contribution is 6.29. The molecule has 86 valence electrons. The first-order valence-electron chi connectivity index (χ1n) is 5.27. The fraction of sp³-hybridized carbons (Fsp3) is 0.455. The van der Waals surface area contributed by atoms with Crippen LogP contribution in [0.5, 0.6) is 0 Å². The zero-order valence-corrected chi connectivity index (χ0v) is 9.52. The summed E-state index contributed by atoms with van der Waals surface area (Å²) < 4.78 is 0. The molecule has 1 amide bonds. The lowest BCUT2D eigenvalue weighted by molar-refractivity contribution is 0.0541. The SMILES string of the molecule is O=C(c1cccc(Cl)n1)N1CCC(O)CC1. The minimum Gasteiger partial charge on any atom is -0.393 e. The van der Waals surface area contributed by atoms with Crippen molar-refractivity contribution in [3.8, 4) is 0 Å². The van der Waals surface area contributed by atoms with E-state index in [-0.39, 0.29) is 12.0 Å². The number of aromatic nitrogens is 1. The highest BCUT2D eigenvalue weighted by Gasteiger charge is 2.22. The second kappa shape index (κ2) is 4.80. The van der Waals surface area contributed by atoms with E-state index in [1.807, 2.05) is 0 Å². The summed E-state index contributed by atoms with van der Waals surface area (Å²) in [5, 5.41) is 9.67. The van der Waals surface area contributed by atoms with Gasteiger partial charge in [0.1, 0.15) is 10.8 Å². The van der Waals surface area contributed by atoms with E-state index in [1.54, 1.807) is 23.1 Å². The monoisotopic (exact) mass is 240 g/mol. The van der Waals surface area contributed by atoms with E-state index < -0.39 is 0 Å². The van der Waals surface area contributed by atoms with Crippen molar-refractivity contribution >= 4 is 17.5 Å². The average Bonchev–Trinajstić information content (AvgIpc) is 2.29. The van der Waals surface area contributed by atoms with E-state index in [2.05, 4.69) is 4.98 Å². The van der Waals surface area contributed by atoms with Crippen LogP contribution in [0.15, 0.2) is 18.2 Å². The van der Waals surface area contributed by atoms with Crippen molar-refractivity contribution in [3.05, 3.63) is 29.0 Å². The van der Waals surface area contributed by atoms with Gasteiger partial charge in [0.2, 0.25) is 0 Å². The van der Waals surface area contributed by atoms with Crippen LogP contribution in [0.1, 0.15) is 23.3 Å². The predicted molar refractivity (Wildman–Crippen MR) is 60.4 cm³/mol. The normalized spacial score (nSPS) is 17.5. The lowest BCUT2D eigenvalue weighted by Gasteiger charge is -2.29. The largest absolute Gasteiger partial charge is 0.393 e. The van der Waals surface area contributed by atoms with Gasteiger partial charge in [0.25, 0.3) is 5.91 Å². The molecule has 2 heterocycles. The van der Waals surface area contributed by atoms with Crippen LogP contribution >= 0.6 is 11.6 Å². The van der Waals surface area contributed by atoms with Crippen LogP contribution in [0.25, 0.3) is 0 Å². The third-order valence-electron chi connectivity index (χ3n) is 2.69. The summed E-state index contributed by atoms with van der Waals surface area (Å²) in [5.74, 6) is -0.116. The molecule has 1 N–H and O–H groups in total. The van der Waals surface area contributed by atoms with Crippen molar-refractivity contribution in [2.75, 3.05) is 13.1 Å². The smallest absolute Gasteiger partial charge is 0.272 e. The number of amides is 1. The van der Waals surface area contributed by atoms with Gasteiger partial charge in [-0.05, 0) is 25.0 Å². The van der Waals surface area contributed by atoms with Crippen molar-refractivity contribution < 1.29 is 9.90 Å². The van der Waals surface area contributed by atoms with Crippen LogP contribution in [-0.4, -0.2) is 40.1 Å². The summed E-state index contributed by atoms with van der Waals surface area (Å²) in [6, 6.07) is 5.00. The van der Waals surface area contributed by atoms with Gasteiger partial charge in [0.05, 0.1) is 6.10 Å². The molecule has 0 atom stereocenters. The minimum absolute atomic E-state index is 0.116. The van der Waals surface area contributed by atoms with Crippen LogP contribution in [-0.2, 0) is 0 Å². The lowest BCUT2D eigenvalue weighted by Crippen LogP contribution is -2.40. The van der Waals surface area contributed by atoms with Crippen molar-refractivity contribution in [1.82, 2.24) is 9.88 Å². The van der Waals surface area contributed by atoms with Gasteiger partial charge in [-0.3, -0.25) is 4.79 Å². The lowest BCUT2D eigenvalue weighted by atomic mass is 10.1. The van der Waals surface area contributed by atoms with Gasteiger partial charge in [-0.2, -0.15) is 0 Å². The zero-order valence-electron chi connectivity index (χ0n) is 8.77. The average molecular weight is 241 g/mol. The van der Waals surface area contributed by atoms with Gasteiger partial charge >= 0.3 is 0 Å². The van der Waals surface area contributed by atoms with Crippen LogP contribution in [0.3, 0.4) is 0 Å². The van der Waals surface area contributed by atoms with Gasteiger partial charge in [-0.1, -0.05) is 17.7 Å². The molecule has 1 fully saturated rings. The summed E-state index contributed by atoms with van der Waals surface area (Å²) in [5.41, 5.74) is 0.365. The number of hydrogen-bond acceptors (Lipinski definition) is 3. The second-order valence-electron chi connectivity index (χ2n) is 3.87. The van der Waals surface area contributed by atoms with Gasteiger partial charge in [0.15, 0.2) is 0 Å². The number of aliphatic hydroxyl groups is 1. The fourth-order valence-electron chi connectivity index (χ4n) is 1.76. The highest BCUT2D eigenvalue weighted by Crippen LogP contribution is 2.14. The molecule has 0 unspecified atom stereocenters. The Hall–Kier alpha value is -1.13. The molecule has 1 saturated heterocycles. The summed E-state index contributed by atoms with van der Waals surface area (Å²) in [7, 11) is 0. The third kappa shape index (κ3) is 2.51. The number of aliphatic hydroxyl groups excluding tert-OH is 1. The van der Waals surface area contributed by atoms with Crippen LogP contribution < -0.4 is 0 Å². The zero-order chi connectivity index (χ0) is 11.5.